The first-order valence-electron chi connectivity index (χ1n) is 4.45. The van der Waals surface area contributed by atoms with Crippen LogP contribution >= 0.6 is 11.8 Å². The van der Waals surface area contributed by atoms with Gasteiger partial charge in [-0.25, -0.2) is 0 Å². The highest BCUT2D eigenvalue weighted by Crippen LogP contribution is 2.29. The van der Waals surface area contributed by atoms with E-state index in [1.165, 1.54) is 11.1 Å². The second kappa shape index (κ2) is 3.85. The summed E-state index contributed by atoms with van der Waals surface area (Å²) < 4.78 is 0. The summed E-state index contributed by atoms with van der Waals surface area (Å²) >= 11 is 1.78. The van der Waals surface area contributed by atoms with E-state index >= 15 is 0 Å². The number of rotatable bonds is 2. The highest BCUT2D eigenvalue weighted by atomic mass is 32.2. The number of benzene rings is 1. The second-order valence-corrected chi connectivity index (χ2v) is 4.56. The van der Waals surface area contributed by atoms with Crippen LogP contribution in [0.1, 0.15) is 11.1 Å². The van der Waals surface area contributed by atoms with Gasteiger partial charge in [-0.2, -0.15) is 5.26 Å². The van der Waals surface area contributed by atoms with Crippen molar-refractivity contribution in [2.45, 2.75) is 18.1 Å². The first kappa shape index (κ1) is 8.65. The fourth-order valence-electron chi connectivity index (χ4n) is 1.79. The van der Waals surface area contributed by atoms with Crippen molar-refractivity contribution in [2.24, 2.45) is 0 Å². The summed E-state index contributed by atoms with van der Waals surface area (Å²) in [5.74, 6) is 0.624. The molecule has 0 bridgehead atoms. The predicted molar refractivity (Wildman–Crippen MR) is 55.7 cm³/mol. The molecule has 0 N–H and O–H groups in total. The number of nitriles is 1. The predicted octanol–water partition coefficient (Wildman–Crippen LogP) is 2.41. The highest BCUT2D eigenvalue weighted by molar-refractivity contribution is 8.00. The van der Waals surface area contributed by atoms with E-state index in [0.717, 1.165) is 12.8 Å². The Morgan fingerprint density at radius 1 is 1.31 bits per heavy atom. The minimum atomic E-state index is 0.624. The standard InChI is InChI=1S/C11H11NS/c12-5-6-13-11-7-9-3-1-2-4-10(9)8-11/h1-4,11H,6-8H2. The van der Waals surface area contributed by atoms with E-state index in [9.17, 15) is 0 Å². The van der Waals surface area contributed by atoms with Crippen molar-refractivity contribution in [3.63, 3.8) is 0 Å². The number of nitrogens with zero attached hydrogens (tertiary/aromatic N) is 1. The van der Waals surface area contributed by atoms with Gasteiger partial charge in [0.05, 0.1) is 11.8 Å². The van der Waals surface area contributed by atoms with Gasteiger partial charge in [-0.3, -0.25) is 0 Å². The molecular formula is C11H11NS. The average Bonchev–Trinajstić information content (AvgIpc) is 2.57. The summed E-state index contributed by atoms with van der Waals surface area (Å²) in [6, 6.07) is 10.8. The number of fused-ring (bicyclic) bond motifs is 1. The molecule has 0 aliphatic heterocycles. The van der Waals surface area contributed by atoms with Crippen molar-refractivity contribution < 1.29 is 0 Å². The fraction of sp³-hybridized carbons (Fsp3) is 0.364. The third-order valence-electron chi connectivity index (χ3n) is 2.40. The molecule has 0 saturated heterocycles. The van der Waals surface area contributed by atoms with Crippen LogP contribution in [0.15, 0.2) is 24.3 Å². The quantitative estimate of drug-likeness (QED) is 0.713. The third kappa shape index (κ3) is 1.87. The van der Waals surface area contributed by atoms with E-state index in [2.05, 4.69) is 30.3 Å². The molecule has 1 aliphatic rings. The molecule has 1 aromatic carbocycles. The van der Waals surface area contributed by atoms with Crippen molar-refractivity contribution in [1.82, 2.24) is 0 Å². The summed E-state index contributed by atoms with van der Waals surface area (Å²) in [5.41, 5.74) is 2.94. The molecule has 66 valence electrons. The molecule has 0 fully saturated rings. The van der Waals surface area contributed by atoms with Gasteiger partial charge in [0, 0.05) is 5.25 Å². The smallest absolute Gasteiger partial charge is 0.0811 e. The molecule has 0 saturated carbocycles. The van der Waals surface area contributed by atoms with Crippen LogP contribution in [0.5, 0.6) is 0 Å². The molecule has 0 amide bonds. The Morgan fingerprint density at radius 3 is 2.46 bits per heavy atom. The van der Waals surface area contributed by atoms with Crippen LogP contribution in [0.25, 0.3) is 0 Å². The molecule has 0 radical (unpaired) electrons. The molecule has 13 heavy (non-hydrogen) atoms. The molecule has 1 aromatic rings. The van der Waals surface area contributed by atoms with Crippen LogP contribution in [0.3, 0.4) is 0 Å². The Hall–Kier alpha value is -0.940. The van der Waals surface area contributed by atoms with Crippen molar-refractivity contribution >= 4 is 11.8 Å². The van der Waals surface area contributed by atoms with Crippen molar-refractivity contribution in [1.29, 1.82) is 5.26 Å². The van der Waals surface area contributed by atoms with Gasteiger partial charge in [-0.15, -0.1) is 11.8 Å². The van der Waals surface area contributed by atoms with Gasteiger partial charge in [-0.05, 0) is 24.0 Å². The minimum Gasteiger partial charge on any atom is -0.197 e. The van der Waals surface area contributed by atoms with E-state index in [1.54, 1.807) is 11.8 Å². The first-order valence-corrected chi connectivity index (χ1v) is 5.50. The van der Waals surface area contributed by atoms with Crippen LogP contribution in [0.4, 0.5) is 0 Å². The van der Waals surface area contributed by atoms with Crippen LogP contribution in [0.2, 0.25) is 0 Å². The molecule has 2 heteroatoms. The summed E-state index contributed by atoms with van der Waals surface area (Å²) in [7, 11) is 0. The zero-order chi connectivity index (χ0) is 9.10. The number of hydrogen-bond acceptors (Lipinski definition) is 2. The van der Waals surface area contributed by atoms with E-state index < -0.39 is 0 Å². The Kier molecular flexibility index (Phi) is 2.56. The van der Waals surface area contributed by atoms with Gasteiger partial charge < -0.3 is 0 Å². The van der Waals surface area contributed by atoms with Crippen LogP contribution < -0.4 is 0 Å². The molecule has 1 aliphatic carbocycles. The van der Waals surface area contributed by atoms with Crippen LogP contribution in [0, 0.1) is 11.3 Å². The maximum absolute atomic E-state index is 8.47. The summed E-state index contributed by atoms with van der Waals surface area (Å²) in [4.78, 5) is 0. The summed E-state index contributed by atoms with van der Waals surface area (Å²) in [6.07, 6.45) is 2.28. The molecule has 0 heterocycles. The molecule has 1 nitrogen and oxygen atoms in total. The van der Waals surface area contributed by atoms with Gasteiger partial charge >= 0.3 is 0 Å². The van der Waals surface area contributed by atoms with E-state index in [0.29, 0.717) is 11.0 Å². The average molecular weight is 189 g/mol. The fourth-order valence-corrected chi connectivity index (χ4v) is 2.70. The lowest BCUT2D eigenvalue weighted by molar-refractivity contribution is 0.936. The lowest BCUT2D eigenvalue weighted by Crippen LogP contribution is -2.01. The Morgan fingerprint density at radius 2 is 1.92 bits per heavy atom. The van der Waals surface area contributed by atoms with Crippen molar-refractivity contribution in [2.75, 3.05) is 5.75 Å². The number of thioether (sulfide) groups is 1. The molecule has 0 atom stereocenters. The molecule has 2 rings (SSSR count). The highest BCUT2D eigenvalue weighted by Gasteiger charge is 2.20. The van der Waals surface area contributed by atoms with Gasteiger partial charge in [0.25, 0.3) is 0 Å². The summed E-state index contributed by atoms with van der Waals surface area (Å²) in [5, 5.41) is 9.11. The van der Waals surface area contributed by atoms with Gasteiger partial charge in [0.2, 0.25) is 0 Å². The Labute approximate surface area is 82.8 Å². The lowest BCUT2D eigenvalue weighted by atomic mass is 10.1. The van der Waals surface area contributed by atoms with Gasteiger partial charge in [-0.1, -0.05) is 24.3 Å². The van der Waals surface area contributed by atoms with Crippen LogP contribution in [-0.4, -0.2) is 11.0 Å². The summed E-state index contributed by atoms with van der Waals surface area (Å²) in [6.45, 7) is 0. The monoisotopic (exact) mass is 189 g/mol. The van der Waals surface area contributed by atoms with Crippen molar-refractivity contribution in [3.8, 4) is 6.07 Å². The maximum atomic E-state index is 8.47. The molecule has 0 aromatic heterocycles. The number of hydrogen-bond donors (Lipinski definition) is 0. The van der Waals surface area contributed by atoms with Gasteiger partial charge in [0.15, 0.2) is 0 Å². The lowest BCUT2D eigenvalue weighted by Gasteiger charge is -2.03. The Balaban J connectivity index is 2.02. The third-order valence-corrected chi connectivity index (χ3v) is 3.50. The van der Waals surface area contributed by atoms with E-state index in [4.69, 9.17) is 5.26 Å². The van der Waals surface area contributed by atoms with Crippen LogP contribution in [-0.2, 0) is 12.8 Å². The zero-order valence-corrected chi connectivity index (χ0v) is 8.18. The van der Waals surface area contributed by atoms with E-state index in [1.807, 2.05) is 0 Å². The molecule has 0 spiro atoms. The van der Waals surface area contributed by atoms with E-state index in [-0.39, 0.29) is 0 Å². The topological polar surface area (TPSA) is 23.8 Å². The Bertz CT molecular complexity index is 315. The normalized spacial score (nSPS) is 15.3. The van der Waals surface area contributed by atoms with Gasteiger partial charge in [0.1, 0.15) is 0 Å². The first-order chi connectivity index (χ1) is 6.40. The zero-order valence-electron chi connectivity index (χ0n) is 7.36. The van der Waals surface area contributed by atoms with Crippen molar-refractivity contribution in [3.05, 3.63) is 35.4 Å². The minimum absolute atomic E-state index is 0.624. The second-order valence-electron chi connectivity index (χ2n) is 3.27. The molecule has 0 unspecified atom stereocenters. The maximum Gasteiger partial charge on any atom is 0.0811 e. The SMILES string of the molecule is N#CCSC1Cc2ccccc2C1. The molecular weight excluding hydrogens is 178 g/mol. The largest absolute Gasteiger partial charge is 0.197 e.